The predicted octanol–water partition coefficient (Wildman–Crippen LogP) is 2.61. The summed E-state index contributed by atoms with van der Waals surface area (Å²) in [5.74, 6) is -0.00139. The van der Waals surface area contributed by atoms with E-state index in [1.807, 2.05) is 32.9 Å². The van der Waals surface area contributed by atoms with Crippen LogP contribution < -0.4 is 15.5 Å². The highest BCUT2D eigenvalue weighted by atomic mass is 16.1. The van der Waals surface area contributed by atoms with E-state index in [0.29, 0.717) is 6.54 Å². The minimum absolute atomic E-state index is 0.00139. The average molecular weight is 275 g/mol. The van der Waals surface area contributed by atoms with Crippen molar-refractivity contribution in [3.8, 4) is 0 Å². The largest absolute Gasteiger partial charge is 0.371 e. The van der Waals surface area contributed by atoms with Gasteiger partial charge in [-0.25, -0.2) is 0 Å². The number of carbonyl (C=O) groups excluding carboxylic acids is 1. The number of rotatable bonds is 4. The third kappa shape index (κ3) is 4.53. The number of hydrogen-bond donors (Lipinski definition) is 2. The Kier molecular flexibility index (Phi) is 4.65. The molecule has 110 valence electrons. The number of benzene rings is 1. The van der Waals surface area contributed by atoms with Gasteiger partial charge in [0, 0.05) is 30.0 Å². The van der Waals surface area contributed by atoms with Crippen LogP contribution in [0.3, 0.4) is 0 Å². The molecule has 0 unspecified atom stereocenters. The Balaban J connectivity index is 1.92. The topological polar surface area (TPSA) is 44.4 Å². The summed E-state index contributed by atoms with van der Waals surface area (Å²) in [5, 5.41) is 6.14. The van der Waals surface area contributed by atoms with Crippen LogP contribution in [0.5, 0.6) is 0 Å². The summed E-state index contributed by atoms with van der Waals surface area (Å²) in [5.41, 5.74) is 2.02. The smallest absolute Gasteiger partial charge is 0.238 e. The van der Waals surface area contributed by atoms with Gasteiger partial charge in [-0.1, -0.05) is 6.07 Å². The fourth-order valence-corrected chi connectivity index (χ4v) is 2.31. The maximum Gasteiger partial charge on any atom is 0.238 e. The number of carbonyl (C=O) groups is 1. The molecular weight excluding hydrogens is 250 g/mol. The second-order valence-electron chi connectivity index (χ2n) is 6.40. The van der Waals surface area contributed by atoms with Gasteiger partial charge in [0.15, 0.2) is 0 Å². The van der Waals surface area contributed by atoms with Gasteiger partial charge in [-0.15, -0.1) is 0 Å². The minimum Gasteiger partial charge on any atom is -0.371 e. The highest BCUT2D eigenvalue weighted by molar-refractivity contribution is 5.92. The molecule has 1 fully saturated rings. The van der Waals surface area contributed by atoms with Crippen molar-refractivity contribution in [1.82, 2.24) is 5.32 Å². The Morgan fingerprint density at radius 2 is 1.95 bits per heavy atom. The van der Waals surface area contributed by atoms with Crippen molar-refractivity contribution in [1.29, 1.82) is 0 Å². The lowest BCUT2D eigenvalue weighted by atomic mass is 10.1. The molecule has 20 heavy (non-hydrogen) atoms. The van der Waals surface area contributed by atoms with Crippen LogP contribution in [0.2, 0.25) is 0 Å². The van der Waals surface area contributed by atoms with Crippen LogP contribution in [0.1, 0.15) is 33.6 Å². The number of amides is 1. The van der Waals surface area contributed by atoms with Crippen molar-refractivity contribution in [2.24, 2.45) is 0 Å². The van der Waals surface area contributed by atoms with Crippen molar-refractivity contribution in [2.75, 3.05) is 29.9 Å². The lowest BCUT2D eigenvalue weighted by Gasteiger charge is -2.21. The Bertz CT molecular complexity index is 459. The molecular formula is C16H25N3O. The summed E-state index contributed by atoms with van der Waals surface area (Å²) in [4.78, 5) is 14.3. The van der Waals surface area contributed by atoms with Gasteiger partial charge in [0.25, 0.3) is 0 Å². The van der Waals surface area contributed by atoms with E-state index in [0.717, 1.165) is 18.8 Å². The fraction of sp³-hybridized carbons (Fsp3) is 0.562. The molecule has 1 heterocycles. The van der Waals surface area contributed by atoms with E-state index in [4.69, 9.17) is 0 Å². The van der Waals surface area contributed by atoms with E-state index in [-0.39, 0.29) is 11.4 Å². The number of nitrogens with zero attached hydrogens (tertiary/aromatic N) is 1. The molecule has 0 aliphatic carbocycles. The first kappa shape index (κ1) is 14.9. The van der Waals surface area contributed by atoms with Crippen molar-refractivity contribution in [2.45, 2.75) is 39.2 Å². The molecule has 1 aromatic rings. The van der Waals surface area contributed by atoms with Gasteiger partial charge < -0.3 is 15.5 Å². The highest BCUT2D eigenvalue weighted by Crippen LogP contribution is 2.23. The molecule has 1 aliphatic heterocycles. The van der Waals surface area contributed by atoms with Crippen LogP contribution in [0.15, 0.2) is 24.3 Å². The van der Waals surface area contributed by atoms with E-state index in [9.17, 15) is 4.79 Å². The first-order valence-corrected chi connectivity index (χ1v) is 7.34. The third-order valence-corrected chi connectivity index (χ3v) is 3.38. The molecule has 0 radical (unpaired) electrons. The maximum atomic E-state index is 11.9. The zero-order valence-electron chi connectivity index (χ0n) is 12.7. The summed E-state index contributed by atoms with van der Waals surface area (Å²) < 4.78 is 0. The highest BCUT2D eigenvalue weighted by Gasteiger charge is 2.14. The molecule has 1 aliphatic rings. The molecule has 1 amide bonds. The SMILES string of the molecule is CC(C)(C)NCC(=O)Nc1cccc(N2CCCC2)c1. The normalized spacial score (nSPS) is 15.4. The van der Waals surface area contributed by atoms with Gasteiger partial charge in [-0.2, -0.15) is 0 Å². The molecule has 2 rings (SSSR count). The molecule has 4 nitrogen and oxygen atoms in total. The Labute approximate surface area is 121 Å². The van der Waals surface area contributed by atoms with E-state index in [2.05, 4.69) is 27.7 Å². The quantitative estimate of drug-likeness (QED) is 0.888. The minimum atomic E-state index is -0.0469. The summed E-state index contributed by atoms with van der Waals surface area (Å²) >= 11 is 0. The summed E-state index contributed by atoms with van der Waals surface area (Å²) in [7, 11) is 0. The van der Waals surface area contributed by atoms with E-state index >= 15 is 0 Å². The second kappa shape index (κ2) is 6.27. The molecule has 0 spiro atoms. The van der Waals surface area contributed by atoms with Crippen LogP contribution in [0.25, 0.3) is 0 Å². The van der Waals surface area contributed by atoms with Gasteiger partial charge >= 0.3 is 0 Å². The van der Waals surface area contributed by atoms with Crippen LogP contribution in [0, 0.1) is 0 Å². The van der Waals surface area contributed by atoms with Crippen LogP contribution in [0.4, 0.5) is 11.4 Å². The average Bonchev–Trinajstić information content (AvgIpc) is 2.90. The molecule has 1 aromatic carbocycles. The number of hydrogen-bond acceptors (Lipinski definition) is 3. The predicted molar refractivity (Wildman–Crippen MR) is 84.3 cm³/mol. The van der Waals surface area contributed by atoms with E-state index < -0.39 is 0 Å². The van der Waals surface area contributed by atoms with Crippen molar-refractivity contribution in [3.05, 3.63) is 24.3 Å². The molecule has 0 aromatic heterocycles. The zero-order valence-corrected chi connectivity index (χ0v) is 12.7. The lowest BCUT2D eigenvalue weighted by molar-refractivity contribution is -0.115. The first-order valence-electron chi connectivity index (χ1n) is 7.34. The molecule has 0 bridgehead atoms. The lowest BCUT2D eigenvalue weighted by Crippen LogP contribution is -2.41. The van der Waals surface area contributed by atoms with Crippen LogP contribution in [-0.2, 0) is 4.79 Å². The van der Waals surface area contributed by atoms with E-state index in [1.165, 1.54) is 18.5 Å². The Hall–Kier alpha value is -1.55. The van der Waals surface area contributed by atoms with Crippen LogP contribution in [-0.4, -0.2) is 31.1 Å². The number of anilines is 2. The molecule has 4 heteroatoms. The molecule has 2 N–H and O–H groups in total. The van der Waals surface area contributed by atoms with Crippen LogP contribution >= 0.6 is 0 Å². The fourth-order valence-electron chi connectivity index (χ4n) is 2.31. The van der Waals surface area contributed by atoms with Crippen molar-refractivity contribution in [3.63, 3.8) is 0 Å². The summed E-state index contributed by atoms with van der Waals surface area (Å²) in [6.07, 6.45) is 2.51. The molecule has 0 atom stereocenters. The Morgan fingerprint density at radius 3 is 2.60 bits per heavy atom. The maximum absolute atomic E-state index is 11.9. The first-order chi connectivity index (χ1) is 9.44. The van der Waals surface area contributed by atoms with Crippen molar-refractivity contribution < 1.29 is 4.79 Å². The van der Waals surface area contributed by atoms with Gasteiger partial charge in [-0.3, -0.25) is 4.79 Å². The molecule has 0 saturated carbocycles. The zero-order chi connectivity index (χ0) is 14.6. The Morgan fingerprint density at radius 1 is 1.25 bits per heavy atom. The van der Waals surface area contributed by atoms with Gasteiger partial charge in [-0.05, 0) is 51.8 Å². The summed E-state index contributed by atoms with van der Waals surface area (Å²) in [6, 6.07) is 8.10. The van der Waals surface area contributed by atoms with Gasteiger partial charge in [0.1, 0.15) is 0 Å². The standard InChI is InChI=1S/C16H25N3O/c1-16(2,3)17-12-15(20)18-13-7-6-8-14(11-13)19-9-4-5-10-19/h6-8,11,17H,4-5,9-10,12H2,1-3H3,(H,18,20). The van der Waals surface area contributed by atoms with Crippen molar-refractivity contribution >= 4 is 17.3 Å². The molecule has 1 saturated heterocycles. The number of nitrogens with one attached hydrogen (secondary N) is 2. The van der Waals surface area contributed by atoms with Gasteiger partial charge in [0.2, 0.25) is 5.91 Å². The monoisotopic (exact) mass is 275 g/mol. The van der Waals surface area contributed by atoms with Gasteiger partial charge in [0.05, 0.1) is 6.54 Å². The third-order valence-electron chi connectivity index (χ3n) is 3.38. The van der Waals surface area contributed by atoms with E-state index in [1.54, 1.807) is 0 Å². The summed E-state index contributed by atoms with van der Waals surface area (Å²) in [6.45, 7) is 8.71. The second-order valence-corrected chi connectivity index (χ2v) is 6.40.